The summed E-state index contributed by atoms with van der Waals surface area (Å²) < 4.78 is 10.7. The number of hydrogen-bond donors (Lipinski definition) is 3. The second kappa shape index (κ2) is 11.9. The molecule has 0 spiro atoms. The first kappa shape index (κ1) is 25.5. The molecule has 3 aromatic carbocycles. The molecule has 1 heterocycles. The Morgan fingerprint density at radius 1 is 0.919 bits per heavy atom. The highest BCUT2D eigenvalue weighted by Crippen LogP contribution is 2.30. The minimum absolute atomic E-state index is 0.210. The van der Waals surface area contributed by atoms with Gasteiger partial charge in [0, 0.05) is 17.0 Å². The van der Waals surface area contributed by atoms with Crippen LogP contribution in [0.25, 0.3) is 11.6 Å². The minimum Gasteiger partial charge on any atom is -0.493 e. The molecular weight excluding hydrogens is 486 g/mol. The molecule has 0 atom stereocenters. The van der Waals surface area contributed by atoms with Gasteiger partial charge in [-0.1, -0.05) is 36.4 Å². The fraction of sp³-hybridized carbons (Fsp3) is 0.103. The van der Waals surface area contributed by atoms with Crippen molar-refractivity contribution >= 4 is 46.2 Å². The molecule has 7 nitrogen and oxygen atoms in total. The van der Waals surface area contributed by atoms with Gasteiger partial charge in [0.25, 0.3) is 11.8 Å². The van der Waals surface area contributed by atoms with Crippen LogP contribution in [0.1, 0.15) is 26.4 Å². The molecule has 188 valence electrons. The van der Waals surface area contributed by atoms with Crippen LogP contribution in [0.5, 0.6) is 11.5 Å². The highest BCUT2D eigenvalue weighted by Gasteiger charge is 2.15. The molecule has 0 unspecified atom stereocenters. The molecule has 0 aliphatic carbocycles. The van der Waals surface area contributed by atoms with E-state index in [1.807, 2.05) is 53.9 Å². The summed E-state index contributed by atoms with van der Waals surface area (Å²) in [5.74, 6) is 0.734. The van der Waals surface area contributed by atoms with E-state index in [2.05, 4.69) is 10.6 Å². The number of thiophene rings is 1. The molecule has 0 fully saturated rings. The van der Waals surface area contributed by atoms with Crippen molar-refractivity contribution in [1.29, 1.82) is 0 Å². The number of nitrogens with one attached hydrogen (secondary N) is 2. The van der Waals surface area contributed by atoms with Crippen molar-refractivity contribution in [3.05, 3.63) is 106 Å². The highest BCUT2D eigenvalue weighted by molar-refractivity contribution is 7.11. The summed E-state index contributed by atoms with van der Waals surface area (Å²) in [7, 11) is 3.15. The SMILES string of the molecule is COc1ccc(/C=C(/C(=O)NCc2ccc(C(=O)Nc3ccccc3N)cc2)c2cccs2)cc1OC. The van der Waals surface area contributed by atoms with Gasteiger partial charge in [-0.2, -0.15) is 0 Å². The molecule has 0 radical (unpaired) electrons. The van der Waals surface area contributed by atoms with Crippen molar-refractivity contribution in [1.82, 2.24) is 5.32 Å². The van der Waals surface area contributed by atoms with E-state index in [9.17, 15) is 9.59 Å². The number of rotatable bonds is 9. The Hall–Kier alpha value is -4.56. The Balaban J connectivity index is 1.45. The summed E-state index contributed by atoms with van der Waals surface area (Å²) in [6, 6.07) is 23.5. The number of anilines is 2. The van der Waals surface area contributed by atoms with Crippen LogP contribution >= 0.6 is 11.3 Å². The van der Waals surface area contributed by atoms with Crippen LogP contribution < -0.4 is 25.8 Å². The van der Waals surface area contributed by atoms with Crippen LogP contribution in [0, 0.1) is 0 Å². The molecular formula is C29H27N3O4S. The number of carbonyl (C=O) groups excluding carboxylic acids is 2. The van der Waals surface area contributed by atoms with Gasteiger partial charge in [-0.3, -0.25) is 9.59 Å². The molecule has 2 amide bonds. The van der Waals surface area contributed by atoms with Crippen LogP contribution in [0.4, 0.5) is 11.4 Å². The lowest BCUT2D eigenvalue weighted by Crippen LogP contribution is -2.23. The average Bonchev–Trinajstić information content (AvgIpc) is 3.46. The van der Waals surface area contributed by atoms with Crippen LogP contribution in [-0.4, -0.2) is 26.0 Å². The minimum atomic E-state index is -0.258. The highest BCUT2D eigenvalue weighted by atomic mass is 32.1. The monoisotopic (exact) mass is 513 g/mol. The predicted octanol–water partition coefficient (Wildman–Crippen LogP) is 5.46. The van der Waals surface area contributed by atoms with E-state index in [0.29, 0.717) is 40.6 Å². The number of methoxy groups -OCH3 is 2. The third-order valence-corrected chi connectivity index (χ3v) is 6.53. The molecule has 0 aliphatic heterocycles. The zero-order valence-corrected chi connectivity index (χ0v) is 21.3. The fourth-order valence-electron chi connectivity index (χ4n) is 3.65. The zero-order valence-electron chi connectivity index (χ0n) is 20.5. The van der Waals surface area contributed by atoms with Crippen LogP contribution in [-0.2, 0) is 11.3 Å². The third-order valence-electron chi connectivity index (χ3n) is 5.63. The van der Waals surface area contributed by atoms with Gasteiger partial charge in [0.1, 0.15) is 0 Å². The molecule has 0 aliphatic rings. The number of amides is 2. The second-order valence-electron chi connectivity index (χ2n) is 8.07. The van der Waals surface area contributed by atoms with Crippen LogP contribution in [0.15, 0.2) is 84.2 Å². The third kappa shape index (κ3) is 6.36. The van der Waals surface area contributed by atoms with Crippen molar-refractivity contribution in [2.75, 3.05) is 25.3 Å². The first-order chi connectivity index (χ1) is 18.0. The molecule has 37 heavy (non-hydrogen) atoms. The molecule has 4 rings (SSSR count). The van der Waals surface area contributed by atoms with E-state index in [0.717, 1.165) is 16.0 Å². The molecule has 0 bridgehead atoms. The number of ether oxygens (including phenoxy) is 2. The van der Waals surface area contributed by atoms with E-state index in [1.54, 1.807) is 50.6 Å². The second-order valence-corrected chi connectivity index (χ2v) is 9.02. The average molecular weight is 514 g/mol. The zero-order chi connectivity index (χ0) is 26.2. The summed E-state index contributed by atoms with van der Waals surface area (Å²) >= 11 is 1.49. The molecule has 0 saturated heterocycles. The van der Waals surface area contributed by atoms with Gasteiger partial charge in [0.05, 0.1) is 31.2 Å². The van der Waals surface area contributed by atoms with E-state index in [4.69, 9.17) is 15.2 Å². The lowest BCUT2D eigenvalue weighted by molar-refractivity contribution is -0.115. The van der Waals surface area contributed by atoms with E-state index in [1.165, 1.54) is 11.3 Å². The standard InChI is InChI=1S/C29H27N3O4S/c1-35-25-14-11-20(17-26(25)36-2)16-22(27-8-5-15-37-27)29(34)31-18-19-9-12-21(13-10-19)28(33)32-24-7-4-3-6-23(24)30/h3-17H,18,30H2,1-2H3,(H,31,34)(H,32,33)/b22-16+. The Morgan fingerprint density at radius 3 is 2.35 bits per heavy atom. The van der Waals surface area contributed by atoms with Crippen LogP contribution in [0.3, 0.4) is 0 Å². The van der Waals surface area contributed by atoms with Crippen molar-refractivity contribution in [3.8, 4) is 11.5 Å². The number of nitrogen functional groups attached to an aromatic ring is 1. The molecule has 4 aromatic rings. The molecule has 8 heteroatoms. The van der Waals surface area contributed by atoms with Gasteiger partial charge >= 0.3 is 0 Å². The summed E-state index contributed by atoms with van der Waals surface area (Å²) in [5, 5.41) is 7.72. The maximum absolute atomic E-state index is 13.2. The first-order valence-corrected chi connectivity index (χ1v) is 12.4. The molecule has 0 saturated carbocycles. The van der Waals surface area contributed by atoms with Gasteiger partial charge in [0.15, 0.2) is 11.5 Å². The van der Waals surface area contributed by atoms with Gasteiger partial charge in [0.2, 0.25) is 0 Å². The van der Waals surface area contributed by atoms with E-state index >= 15 is 0 Å². The number of nitrogens with two attached hydrogens (primary N) is 1. The molecule has 4 N–H and O–H groups in total. The number of benzene rings is 3. The summed E-state index contributed by atoms with van der Waals surface area (Å²) in [6.07, 6.45) is 1.83. The van der Waals surface area contributed by atoms with E-state index in [-0.39, 0.29) is 11.8 Å². The van der Waals surface area contributed by atoms with Crippen LogP contribution in [0.2, 0.25) is 0 Å². The predicted molar refractivity (Wildman–Crippen MR) is 149 cm³/mol. The lowest BCUT2D eigenvalue weighted by Gasteiger charge is -2.11. The number of hydrogen-bond acceptors (Lipinski definition) is 6. The van der Waals surface area contributed by atoms with Crippen molar-refractivity contribution in [2.45, 2.75) is 6.54 Å². The topological polar surface area (TPSA) is 103 Å². The molecule has 1 aromatic heterocycles. The summed E-state index contributed by atoms with van der Waals surface area (Å²) in [4.78, 5) is 26.6. The maximum Gasteiger partial charge on any atom is 0.255 e. The fourth-order valence-corrected chi connectivity index (χ4v) is 4.39. The largest absolute Gasteiger partial charge is 0.493 e. The Morgan fingerprint density at radius 2 is 1.68 bits per heavy atom. The van der Waals surface area contributed by atoms with Gasteiger partial charge < -0.3 is 25.8 Å². The summed E-state index contributed by atoms with van der Waals surface area (Å²) in [6.45, 7) is 0.307. The smallest absolute Gasteiger partial charge is 0.255 e. The Kier molecular flexibility index (Phi) is 8.22. The van der Waals surface area contributed by atoms with Gasteiger partial charge in [-0.15, -0.1) is 11.3 Å². The maximum atomic E-state index is 13.2. The van der Waals surface area contributed by atoms with Gasteiger partial charge in [-0.25, -0.2) is 0 Å². The summed E-state index contributed by atoms with van der Waals surface area (Å²) in [5.41, 5.74) is 9.67. The first-order valence-electron chi connectivity index (χ1n) is 11.5. The van der Waals surface area contributed by atoms with Crippen molar-refractivity contribution < 1.29 is 19.1 Å². The lowest BCUT2D eigenvalue weighted by atomic mass is 10.1. The Labute approximate surface area is 219 Å². The Bertz CT molecular complexity index is 1410. The normalized spacial score (nSPS) is 11.0. The number of para-hydroxylation sites is 2. The number of carbonyl (C=O) groups is 2. The quantitative estimate of drug-likeness (QED) is 0.204. The van der Waals surface area contributed by atoms with Gasteiger partial charge in [-0.05, 0) is 65.0 Å². The van der Waals surface area contributed by atoms with E-state index < -0.39 is 0 Å². The van der Waals surface area contributed by atoms with Crippen molar-refractivity contribution in [2.24, 2.45) is 0 Å². The van der Waals surface area contributed by atoms with Crippen molar-refractivity contribution in [3.63, 3.8) is 0 Å².